The number of aryl methyl sites for hydroxylation is 2. The fourth-order valence-corrected chi connectivity index (χ4v) is 3.74. The van der Waals surface area contributed by atoms with E-state index in [1.165, 1.54) is 6.92 Å². The fourth-order valence-electron chi connectivity index (χ4n) is 3.74. The van der Waals surface area contributed by atoms with Crippen LogP contribution in [0.25, 0.3) is 28.1 Å². The number of carbonyl (C=O) groups is 1. The molecule has 0 unspecified atom stereocenters. The third-order valence-corrected chi connectivity index (χ3v) is 5.40. The smallest absolute Gasteiger partial charge is 0.171 e. The van der Waals surface area contributed by atoms with Gasteiger partial charge >= 0.3 is 0 Å². The van der Waals surface area contributed by atoms with Gasteiger partial charge in [-0.2, -0.15) is 10.4 Å². The Balaban J connectivity index is 1.57. The summed E-state index contributed by atoms with van der Waals surface area (Å²) in [7, 11) is 0. The second kappa shape index (κ2) is 8.22. The van der Waals surface area contributed by atoms with E-state index in [0.717, 1.165) is 22.4 Å². The number of hydrogen-bond donors (Lipinski definition) is 2. The van der Waals surface area contributed by atoms with E-state index in [0.29, 0.717) is 34.2 Å². The number of benzene rings is 1. The van der Waals surface area contributed by atoms with Crippen LogP contribution in [0.1, 0.15) is 34.4 Å². The van der Waals surface area contributed by atoms with Crippen molar-refractivity contribution >= 4 is 28.3 Å². The summed E-state index contributed by atoms with van der Waals surface area (Å²) in [6.07, 6.45) is 5.05. The standard InChI is InChI=1S/C24H19N9O/c1-13-10-27-21(11-26-13)29-16-4-6-20-18(8-16)28-12-33(20)22-7-5-17(15(3)34)24(30-22)23-14(2)31-32-19(23)9-25/h4-8,10-12H,1-3H3,(H,27,29)(H,31,32). The zero-order chi connectivity index (χ0) is 23.8. The van der Waals surface area contributed by atoms with Crippen molar-refractivity contribution in [3.63, 3.8) is 0 Å². The lowest BCUT2D eigenvalue weighted by Gasteiger charge is -2.11. The van der Waals surface area contributed by atoms with Crippen molar-refractivity contribution in [3.8, 4) is 23.1 Å². The summed E-state index contributed by atoms with van der Waals surface area (Å²) in [5.41, 5.74) is 5.44. The average molecular weight is 449 g/mol. The second-order valence-electron chi connectivity index (χ2n) is 7.79. The van der Waals surface area contributed by atoms with E-state index in [9.17, 15) is 10.1 Å². The molecule has 5 aromatic rings. The van der Waals surface area contributed by atoms with Gasteiger partial charge in [-0.25, -0.2) is 15.0 Å². The molecule has 0 aliphatic heterocycles. The molecule has 166 valence electrons. The number of H-pyrrole nitrogens is 1. The quantitative estimate of drug-likeness (QED) is 0.384. The number of rotatable bonds is 5. The first-order chi connectivity index (χ1) is 16.4. The lowest BCUT2D eigenvalue weighted by Crippen LogP contribution is -2.04. The van der Waals surface area contributed by atoms with Gasteiger partial charge in [-0.3, -0.25) is 19.4 Å². The first-order valence-electron chi connectivity index (χ1n) is 10.4. The molecule has 0 amide bonds. The van der Waals surface area contributed by atoms with Crippen LogP contribution in [0.5, 0.6) is 0 Å². The molecule has 0 aliphatic carbocycles. The molecule has 34 heavy (non-hydrogen) atoms. The molecule has 0 saturated carbocycles. The van der Waals surface area contributed by atoms with Crippen molar-refractivity contribution in [2.45, 2.75) is 20.8 Å². The summed E-state index contributed by atoms with van der Waals surface area (Å²) >= 11 is 0. The molecule has 4 aromatic heterocycles. The van der Waals surface area contributed by atoms with Crippen molar-refractivity contribution in [1.29, 1.82) is 5.26 Å². The Kier molecular flexibility index (Phi) is 5.07. The van der Waals surface area contributed by atoms with Crippen molar-refractivity contribution < 1.29 is 4.79 Å². The lowest BCUT2D eigenvalue weighted by molar-refractivity contribution is 0.101. The monoisotopic (exact) mass is 449 g/mol. The number of Topliss-reactive ketones (excluding diaryl/α,β-unsaturated/α-hetero) is 1. The van der Waals surface area contributed by atoms with Gasteiger partial charge in [0.05, 0.1) is 40.4 Å². The van der Waals surface area contributed by atoms with Gasteiger partial charge in [0.25, 0.3) is 0 Å². The maximum atomic E-state index is 12.3. The number of aromatic nitrogens is 7. The van der Waals surface area contributed by atoms with Crippen LogP contribution in [0, 0.1) is 25.2 Å². The third-order valence-electron chi connectivity index (χ3n) is 5.40. The van der Waals surface area contributed by atoms with Crippen LogP contribution >= 0.6 is 0 Å². The van der Waals surface area contributed by atoms with Crippen molar-refractivity contribution in [3.05, 3.63) is 71.7 Å². The zero-order valence-electron chi connectivity index (χ0n) is 18.7. The predicted octanol–water partition coefficient (Wildman–Crippen LogP) is 4.04. The topological polar surface area (TPSA) is 138 Å². The highest BCUT2D eigenvalue weighted by atomic mass is 16.1. The van der Waals surface area contributed by atoms with Crippen molar-refractivity contribution in [1.82, 2.24) is 34.7 Å². The number of ketones is 1. The molecule has 2 N–H and O–H groups in total. The number of fused-ring (bicyclic) bond motifs is 1. The maximum absolute atomic E-state index is 12.3. The molecule has 10 heteroatoms. The average Bonchev–Trinajstić information content (AvgIpc) is 3.42. The van der Waals surface area contributed by atoms with E-state index < -0.39 is 0 Å². The summed E-state index contributed by atoms with van der Waals surface area (Å²) in [5, 5.41) is 19.5. The van der Waals surface area contributed by atoms with E-state index in [4.69, 9.17) is 4.98 Å². The van der Waals surface area contributed by atoms with E-state index in [2.05, 4.69) is 36.5 Å². The Morgan fingerprint density at radius 2 is 1.97 bits per heavy atom. The first-order valence-corrected chi connectivity index (χ1v) is 10.4. The van der Waals surface area contributed by atoms with Crippen LogP contribution in [-0.2, 0) is 0 Å². The van der Waals surface area contributed by atoms with Crippen LogP contribution in [0.15, 0.2) is 49.1 Å². The summed E-state index contributed by atoms with van der Waals surface area (Å²) in [5.74, 6) is 1.06. The van der Waals surface area contributed by atoms with Gasteiger partial charge in [-0.1, -0.05) is 0 Å². The Hall–Kier alpha value is -4.91. The van der Waals surface area contributed by atoms with Gasteiger partial charge in [0.2, 0.25) is 0 Å². The minimum Gasteiger partial charge on any atom is -0.339 e. The summed E-state index contributed by atoms with van der Waals surface area (Å²) < 4.78 is 1.83. The molecule has 10 nitrogen and oxygen atoms in total. The third kappa shape index (κ3) is 3.65. The number of hydrogen-bond acceptors (Lipinski definition) is 8. The zero-order valence-corrected chi connectivity index (χ0v) is 18.7. The number of nitrogens with one attached hydrogen (secondary N) is 2. The number of anilines is 2. The molecule has 1 aromatic carbocycles. The molecular formula is C24H19N9O. The van der Waals surface area contributed by atoms with Crippen LogP contribution in [-0.4, -0.2) is 40.5 Å². The number of pyridine rings is 1. The van der Waals surface area contributed by atoms with Gasteiger partial charge in [-0.15, -0.1) is 0 Å². The van der Waals surface area contributed by atoms with Crippen LogP contribution in [0.4, 0.5) is 11.5 Å². The lowest BCUT2D eigenvalue weighted by atomic mass is 10.0. The Morgan fingerprint density at radius 3 is 2.71 bits per heavy atom. The Labute approximate surface area is 194 Å². The van der Waals surface area contributed by atoms with Gasteiger partial charge in [0, 0.05) is 16.9 Å². The Morgan fingerprint density at radius 1 is 1.12 bits per heavy atom. The van der Waals surface area contributed by atoms with Gasteiger partial charge < -0.3 is 5.32 Å². The van der Waals surface area contributed by atoms with Crippen LogP contribution in [0.3, 0.4) is 0 Å². The van der Waals surface area contributed by atoms with Crippen LogP contribution < -0.4 is 5.32 Å². The summed E-state index contributed by atoms with van der Waals surface area (Å²) in [6, 6.07) is 11.3. The number of aromatic amines is 1. The second-order valence-corrected chi connectivity index (χ2v) is 7.79. The normalized spacial score (nSPS) is 10.9. The Bertz CT molecular complexity index is 1590. The molecule has 0 spiro atoms. The fraction of sp³-hybridized carbons (Fsp3) is 0.125. The molecule has 0 atom stereocenters. The number of carbonyl (C=O) groups excluding carboxylic acids is 1. The predicted molar refractivity (Wildman–Crippen MR) is 126 cm³/mol. The first kappa shape index (κ1) is 21.0. The van der Waals surface area contributed by atoms with E-state index in [1.807, 2.05) is 29.7 Å². The van der Waals surface area contributed by atoms with E-state index >= 15 is 0 Å². The van der Waals surface area contributed by atoms with E-state index in [-0.39, 0.29) is 11.5 Å². The van der Waals surface area contributed by atoms with E-state index in [1.54, 1.807) is 37.8 Å². The van der Waals surface area contributed by atoms with Gasteiger partial charge in [0.1, 0.15) is 24.0 Å². The number of nitriles is 1. The molecule has 5 rings (SSSR count). The highest BCUT2D eigenvalue weighted by Crippen LogP contribution is 2.30. The van der Waals surface area contributed by atoms with Crippen LogP contribution in [0.2, 0.25) is 0 Å². The molecule has 4 heterocycles. The number of nitrogens with zero attached hydrogens (tertiary/aromatic N) is 7. The molecule has 0 saturated heterocycles. The van der Waals surface area contributed by atoms with Gasteiger partial charge in [0.15, 0.2) is 11.5 Å². The maximum Gasteiger partial charge on any atom is 0.171 e. The molecule has 0 fully saturated rings. The molecular weight excluding hydrogens is 430 g/mol. The highest BCUT2D eigenvalue weighted by molar-refractivity contribution is 6.00. The minimum absolute atomic E-state index is 0.149. The summed E-state index contributed by atoms with van der Waals surface area (Å²) in [4.78, 5) is 30.1. The van der Waals surface area contributed by atoms with Gasteiger partial charge in [-0.05, 0) is 51.1 Å². The SMILES string of the molecule is CC(=O)c1ccc(-n2cnc3cc(Nc4cnc(C)cn4)ccc32)nc1-c1c(C#N)n[nH]c1C. The molecule has 0 radical (unpaired) electrons. The molecule has 0 bridgehead atoms. The number of imidazole rings is 1. The highest BCUT2D eigenvalue weighted by Gasteiger charge is 2.21. The summed E-state index contributed by atoms with van der Waals surface area (Å²) in [6.45, 7) is 5.15. The molecule has 0 aliphatic rings. The van der Waals surface area contributed by atoms with Crippen molar-refractivity contribution in [2.75, 3.05) is 5.32 Å². The minimum atomic E-state index is -0.149. The largest absolute Gasteiger partial charge is 0.339 e. The van der Waals surface area contributed by atoms with Crippen molar-refractivity contribution in [2.24, 2.45) is 0 Å².